The van der Waals surface area contributed by atoms with E-state index >= 15 is 0 Å². The topological polar surface area (TPSA) is 0 Å². The Labute approximate surface area is 66.1 Å². The summed E-state index contributed by atoms with van der Waals surface area (Å²) in [5, 5.41) is 0. The summed E-state index contributed by atoms with van der Waals surface area (Å²) >= 11 is 0. The van der Waals surface area contributed by atoms with E-state index in [1.54, 1.807) is 0 Å². The third kappa shape index (κ3) is 3.03. The number of rotatable bonds is 1. The Morgan fingerprint density at radius 1 is 0.692 bits per heavy atom. The lowest BCUT2D eigenvalue weighted by molar-refractivity contribution is -0.111. The first-order chi connectivity index (χ1) is 5.68. The Morgan fingerprint density at radius 3 is 1.31 bits per heavy atom. The molecule has 0 aromatic carbocycles. The van der Waals surface area contributed by atoms with E-state index < -0.39 is 29.7 Å². The zero-order chi connectivity index (χ0) is 10.8. The average molecular weight is 212 g/mol. The molecule has 0 aromatic rings. The van der Waals surface area contributed by atoms with E-state index in [1.807, 2.05) is 0 Å². The Balaban J connectivity index is 5.18. The van der Waals surface area contributed by atoms with Crippen molar-refractivity contribution in [2.24, 2.45) is 0 Å². The Bertz CT molecular complexity index is 252. The van der Waals surface area contributed by atoms with Crippen LogP contribution in [-0.4, -0.2) is 6.18 Å². The van der Waals surface area contributed by atoms with Gasteiger partial charge in [0.15, 0.2) is 0 Å². The zero-order valence-electron chi connectivity index (χ0n) is 5.52. The van der Waals surface area contributed by atoms with Gasteiger partial charge in [0.2, 0.25) is 17.5 Å². The summed E-state index contributed by atoms with van der Waals surface area (Å²) in [6.45, 7) is 0. The van der Waals surface area contributed by atoms with Crippen molar-refractivity contribution in [2.75, 3.05) is 0 Å². The molecule has 0 aromatic heterocycles. The number of allylic oxidation sites excluding steroid dienone is 3. The lowest BCUT2D eigenvalue weighted by Gasteiger charge is -2.02. The van der Waals surface area contributed by atoms with Gasteiger partial charge in [0.05, 0.1) is 0 Å². The molecule has 0 atom stereocenters. The highest BCUT2D eigenvalue weighted by atomic mass is 19.4. The first-order valence-electron chi connectivity index (χ1n) is 2.51. The van der Waals surface area contributed by atoms with E-state index in [9.17, 15) is 35.1 Å². The molecule has 0 saturated carbocycles. The van der Waals surface area contributed by atoms with Crippen LogP contribution in [0.5, 0.6) is 0 Å². The van der Waals surface area contributed by atoms with Gasteiger partial charge in [0.25, 0.3) is 0 Å². The molecule has 0 spiro atoms. The van der Waals surface area contributed by atoms with E-state index in [0.29, 0.717) is 0 Å². The Morgan fingerprint density at radius 2 is 1.08 bits per heavy atom. The molecular formula is C5F8. The molecular weight excluding hydrogens is 212 g/mol. The summed E-state index contributed by atoms with van der Waals surface area (Å²) < 4.78 is 91.0. The minimum absolute atomic E-state index is 3.16. The molecule has 0 nitrogen and oxygen atoms in total. The van der Waals surface area contributed by atoms with Gasteiger partial charge in [-0.3, -0.25) is 0 Å². The van der Waals surface area contributed by atoms with Gasteiger partial charge in [-0.1, -0.05) is 0 Å². The second-order valence-electron chi connectivity index (χ2n) is 1.70. The third-order valence-electron chi connectivity index (χ3n) is 0.800. The van der Waals surface area contributed by atoms with Gasteiger partial charge >= 0.3 is 12.3 Å². The summed E-state index contributed by atoms with van der Waals surface area (Å²) in [5.74, 6) is -9.94. The van der Waals surface area contributed by atoms with Crippen LogP contribution in [0.25, 0.3) is 0 Å². The molecule has 13 heavy (non-hydrogen) atoms. The van der Waals surface area contributed by atoms with E-state index in [1.165, 1.54) is 0 Å². The molecule has 0 fully saturated rings. The lowest BCUT2D eigenvalue weighted by Crippen LogP contribution is -2.09. The van der Waals surface area contributed by atoms with Crippen LogP contribution in [0.15, 0.2) is 23.6 Å². The van der Waals surface area contributed by atoms with Crippen LogP contribution in [0.3, 0.4) is 0 Å². The lowest BCUT2D eigenvalue weighted by atomic mass is 10.4. The molecule has 0 saturated heterocycles. The highest BCUT2D eigenvalue weighted by Crippen LogP contribution is 2.34. The van der Waals surface area contributed by atoms with Crippen molar-refractivity contribution in [2.45, 2.75) is 6.18 Å². The fraction of sp³-hybridized carbons (Fsp3) is 0.200. The highest BCUT2D eigenvalue weighted by molar-refractivity contribution is 5.24. The van der Waals surface area contributed by atoms with Gasteiger partial charge in [-0.2, -0.15) is 30.7 Å². The third-order valence-corrected chi connectivity index (χ3v) is 0.800. The predicted molar refractivity (Wildman–Crippen MR) is 25.6 cm³/mol. The molecule has 0 heterocycles. The van der Waals surface area contributed by atoms with E-state index in [2.05, 4.69) is 0 Å². The number of hydrogen-bond donors (Lipinski definition) is 0. The molecule has 0 bridgehead atoms. The average Bonchev–Trinajstić information content (AvgIpc) is 1.98. The van der Waals surface area contributed by atoms with Crippen molar-refractivity contribution >= 4 is 0 Å². The molecule has 0 aliphatic heterocycles. The van der Waals surface area contributed by atoms with Gasteiger partial charge in [0, 0.05) is 0 Å². The minimum atomic E-state index is -5.82. The van der Waals surface area contributed by atoms with E-state index in [4.69, 9.17) is 0 Å². The number of halogens is 8. The van der Waals surface area contributed by atoms with Gasteiger partial charge in [-0.25, -0.2) is 4.39 Å². The van der Waals surface area contributed by atoms with Crippen molar-refractivity contribution in [3.8, 4) is 0 Å². The van der Waals surface area contributed by atoms with E-state index in [0.717, 1.165) is 0 Å². The van der Waals surface area contributed by atoms with Crippen LogP contribution in [0.2, 0.25) is 0 Å². The smallest absolute Gasteiger partial charge is 0.200 e. The van der Waals surface area contributed by atoms with Crippen LogP contribution in [0, 0.1) is 0 Å². The number of alkyl halides is 3. The van der Waals surface area contributed by atoms with Crippen LogP contribution < -0.4 is 0 Å². The number of hydrogen-bond acceptors (Lipinski definition) is 0. The first-order valence-corrected chi connectivity index (χ1v) is 2.51. The zero-order valence-corrected chi connectivity index (χ0v) is 5.52. The van der Waals surface area contributed by atoms with Crippen molar-refractivity contribution in [1.82, 2.24) is 0 Å². The predicted octanol–water partition coefficient (Wildman–Crippen LogP) is 3.78. The molecule has 0 aliphatic carbocycles. The van der Waals surface area contributed by atoms with Crippen molar-refractivity contribution in [3.63, 3.8) is 0 Å². The molecule has 0 radical (unpaired) electrons. The first kappa shape index (κ1) is 11.9. The van der Waals surface area contributed by atoms with E-state index in [-0.39, 0.29) is 0 Å². The summed E-state index contributed by atoms with van der Waals surface area (Å²) in [5.41, 5.74) is 0. The molecule has 76 valence electrons. The molecule has 0 unspecified atom stereocenters. The minimum Gasteiger partial charge on any atom is -0.200 e. The standard InChI is InChI=1S/C5F8/c6-1(2(7)4(9)10)3(8)5(11,12)13. The van der Waals surface area contributed by atoms with Crippen molar-refractivity contribution < 1.29 is 35.1 Å². The monoisotopic (exact) mass is 212 g/mol. The molecule has 0 N–H and O–H groups in total. The maximum atomic E-state index is 11.8. The summed E-state index contributed by atoms with van der Waals surface area (Å²) in [4.78, 5) is 0. The van der Waals surface area contributed by atoms with Crippen LogP contribution >= 0.6 is 0 Å². The largest absolute Gasteiger partial charge is 0.446 e. The van der Waals surface area contributed by atoms with Gasteiger partial charge in [0.1, 0.15) is 0 Å². The van der Waals surface area contributed by atoms with Gasteiger partial charge in [-0.05, 0) is 0 Å². The van der Waals surface area contributed by atoms with Gasteiger partial charge < -0.3 is 0 Å². The molecule has 0 rings (SSSR count). The molecule has 0 aliphatic rings. The Hall–Kier alpha value is -1.08. The van der Waals surface area contributed by atoms with Crippen molar-refractivity contribution in [3.05, 3.63) is 23.6 Å². The van der Waals surface area contributed by atoms with Crippen LogP contribution in [-0.2, 0) is 0 Å². The van der Waals surface area contributed by atoms with Gasteiger partial charge in [-0.15, -0.1) is 0 Å². The molecule has 8 heteroatoms. The van der Waals surface area contributed by atoms with Crippen molar-refractivity contribution in [1.29, 1.82) is 0 Å². The maximum Gasteiger partial charge on any atom is 0.446 e. The second kappa shape index (κ2) is 3.75. The maximum absolute atomic E-state index is 11.8. The normalized spacial score (nSPS) is 13.8. The summed E-state index contributed by atoms with van der Waals surface area (Å²) in [7, 11) is 0. The van der Waals surface area contributed by atoms with Crippen LogP contribution in [0.4, 0.5) is 35.1 Å². The second-order valence-corrected chi connectivity index (χ2v) is 1.70. The highest BCUT2D eigenvalue weighted by Gasteiger charge is 2.40. The molecule has 0 amide bonds. The fourth-order valence-electron chi connectivity index (χ4n) is 0.304. The summed E-state index contributed by atoms with van der Waals surface area (Å²) in [6.07, 6.45) is -9.19. The summed E-state index contributed by atoms with van der Waals surface area (Å²) in [6, 6.07) is 0. The fourth-order valence-corrected chi connectivity index (χ4v) is 0.304. The Kier molecular flexibility index (Phi) is 3.44. The quantitative estimate of drug-likeness (QED) is 0.458. The van der Waals surface area contributed by atoms with Crippen LogP contribution in [0.1, 0.15) is 0 Å². The SMILES string of the molecule is FC(F)=C(F)C(F)=C(F)C(F)(F)F.